The normalized spacial score (nSPS) is 10.1. The predicted octanol–water partition coefficient (Wildman–Crippen LogP) is 3.11. The van der Waals surface area contributed by atoms with E-state index in [4.69, 9.17) is 14.6 Å². The van der Waals surface area contributed by atoms with E-state index in [2.05, 4.69) is 0 Å². The van der Waals surface area contributed by atoms with Crippen molar-refractivity contribution in [2.75, 3.05) is 7.11 Å². The number of carboxylic acids is 1. The average Bonchev–Trinajstić information content (AvgIpc) is 2.45. The van der Waals surface area contributed by atoms with Crippen LogP contribution in [0, 0.1) is 5.82 Å². The summed E-state index contributed by atoms with van der Waals surface area (Å²) in [6, 6.07) is 10.4. The van der Waals surface area contributed by atoms with Gasteiger partial charge in [-0.1, -0.05) is 12.1 Å². The average molecular weight is 276 g/mol. The molecule has 0 aliphatic heterocycles. The van der Waals surface area contributed by atoms with Gasteiger partial charge in [-0.15, -0.1) is 0 Å². The zero-order valence-corrected chi connectivity index (χ0v) is 10.8. The summed E-state index contributed by atoms with van der Waals surface area (Å²) in [5.74, 6) is -0.675. The monoisotopic (exact) mass is 276 g/mol. The summed E-state index contributed by atoms with van der Waals surface area (Å²) in [5, 5.41) is 9.16. The zero-order valence-electron chi connectivity index (χ0n) is 10.8. The largest absolute Gasteiger partial charge is 0.497 e. The molecule has 0 aromatic heterocycles. The van der Waals surface area contributed by atoms with Crippen LogP contribution >= 0.6 is 0 Å². The van der Waals surface area contributed by atoms with E-state index in [1.54, 1.807) is 18.2 Å². The molecule has 0 radical (unpaired) electrons. The third kappa shape index (κ3) is 3.26. The second-order valence-electron chi connectivity index (χ2n) is 4.07. The topological polar surface area (TPSA) is 55.8 Å². The Morgan fingerprint density at radius 2 is 2.00 bits per heavy atom. The minimum absolute atomic E-state index is 0.0368. The summed E-state index contributed by atoms with van der Waals surface area (Å²) in [4.78, 5) is 11.2. The lowest BCUT2D eigenvalue weighted by Crippen LogP contribution is -2.06. The van der Waals surface area contributed by atoms with E-state index < -0.39 is 11.8 Å². The summed E-state index contributed by atoms with van der Waals surface area (Å²) in [5.41, 5.74) is 0.586. The van der Waals surface area contributed by atoms with E-state index in [1.165, 1.54) is 31.4 Å². The Hall–Kier alpha value is -2.56. The third-order valence-electron chi connectivity index (χ3n) is 2.74. The molecule has 0 saturated carbocycles. The van der Waals surface area contributed by atoms with E-state index in [0.29, 0.717) is 17.1 Å². The smallest absolute Gasteiger partial charge is 0.336 e. The minimum Gasteiger partial charge on any atom is -0.497 e. The molecular formula is C15H13FO4. The molecular weight excluding hydrogens is 263 g/mol. The van der Waals surface area contributed by atoms with E-state index in [9.17, 15) is 9.18 Å². The fraction of sp³-hybridized carbons (Fsp3) is 0.133. The van der Waals surface area contributed by atoms with Crippen molar-refractivity contribution < 1.29 is 23.8 Å². The van der Waals surface area contributed by atoms with E-state index in [-0.39, 0.29) is 12.2 Å². The number of methoxy groups -OCH3 is 1. The number of hydrogen-bond donors (Lipinski definition) is 1. The van der Waals surface area contributed by atoms with Crippen LogP contribution in [0.2, 0.25) is 0 Å². The summed E-state index contributed by atoms with van der Waals surface area (Å²) in [7, 11) is 1.46. The van der Waals surface area contributed by atoms with Gasteiger partial charge in [0.05, 0.1) is 12.7 Å². The highest BCUT2D eigenvalue weighted by Crippen LogP contribution is 2.20. The molecule has 0 amide bonds. The van der Waals surface area contributed by atoms with Crippen LogP contribution in [-0.4, -0.2) is 18.2 Å². The van der Waals surface area contributed by atoms with Crippen molar-refractivity contribution in [1.82, 2.24) is 0 Å². The van der Waals surface area contributed by atoms with Crippen molar-refractivity contribution in [3.63, 3.8) is 0 Å². The molecule has 20 heavy (non-hydrogen) atoms. The van der Waals surface area contributed by atoms with Gasteiger partial charge in [-0.2, -0.15) is 0 Å². The lowest BCUT2D eigenvalue weighted by Gasteiger charge is -2.10. The van der Waals surface area contributed by atoms with Crippen LogP contribution in [0.1, 0.15) is 15.9 Å². The molecule has 1 N–H and O–H groups in total. The van der Waals surface area contributed by atoms with Gasteiger partial charge in [0.25, 0.3) is 0 Å². The first kappa shape index (κ1) is 13.9. The van der Waals surface area contributed by atoms with Gasteiger partial charge < -0.3 is 14.6 Å². The van der Waals surface area contributed by atoms with Gasteiger partial charge in [0.15, 0.2) is 0 Å². The standard InChI is InChI=1S/C15H13FO4/c1-19-12-6-5-10(14(8-12)15(17)18)9-20-13-4-2-3-11(16)7-13/h2-8H,9H2,1H3,(H,17,18). The van der Waals surface area contributed by atoms with Crippen molar-refractivity contribution in [3.05, 3.63) is 59.4 Å². The molecule has 2 rings (SSSR count). The second kappa shape index (κ2) is 6.06. The number of halogens is 1. The molecule has 0 heterocycles. The van der Waals surface area contributed by atoms with Crippen molar-refractivity contribution in [2.45, 2.75) is 6.61 Å². The van der Waals surface area contributed by atoms with E-state index in [1.807, 2.05) is 0 Å². The molecule has 0 spiro atoms. The van der Waals surface area contributed by atoms with Gasteiger partial charge in [-0.25, -0.2) is 9.18 Å². The minimum atomic E-state index is -1.07. The van der Waals surface area contributed by atoms with Crippen LogP contribution in [-0.2, 0) is 6.61 Å². The Morgan fingerprint density at radius 1 is 1.20 bits per heavy atom. The lowest BCUT2D eigenvalue weighted by atomic mass is 10.1. The number of carboxylic acid groups (broad SMARTS) is 1. The molecule has 0 aliphatic carbocycles. The molecule has 0 unspecified atom stereocenters. The predicted molar refractivity (Wildman–Crippen MR) is 70.7 cm³/mol. The first-order valence-electron chi connectivity index (χ1n) is 5.88. The van der Waals surface area contributed by atoms with Gasteiger partial charge >= 0.3 is 5.97 Å². The molecule has 0 saturated heterocycles. The lowest BCUT2D eigenvalue weighted by molar-refractivity contribution is 0.0693. The number of benzene rings is 2. The van der Waals surface area contributed by atoms with Crippen molar-refractivity contribution in [1.29, 1.82) is 0 Å². The molecule has 0 atom stereocenters. The number of aromatic carboxylic acids is 1. The number of ether oxygens (including phenoxy) is 2. The Labute approximate surface area is 115 Å². The van der Waals surface area contributed by atoms with Gasteiger partial charge in [0.1, 0.15) is 23.9 Å². The highest BCUT2D eigenvalue weighted by molar-refractivity contribution is 5.89. The first-order chi connectivity index (χ1) is 9.60. The third-order valence-corrected chi connectivity index (χ3v) is 2.74. The Morgan fingerprint density at radius 3 is 2.65 bits per heavy atom. The number of carbonyl (C=O) groups is 1. The molecule has 0 fully saturated rings. The number of hydrogen-bond acceptors (Lipinski definition) is 3. The van der Waals surface area contributed by atoms with Crippen molar-refractivity contribution in [3.8, 4) is 11.5 Å². The maximum atomic E-state index is 13.0. The fourth-order valence-electron chi connectivity index (χ4n) is 1.73. The Kier molecular flexibility index (Phi) is 4.20. The van der Waals surface area contributed by atoms with Crippen molar-refractivity contribution in [2.24, 2.45) is 0 Å². The van der Waals surface area contributed by atoms with Crippen LogP contribution in [0.3, 0.4) is 0 Å². The molecule has 4 nitrogen and oxygen atoms in total. The van der Waals surface area contributed by atoms with Crippen LogP contribution in [0.25, 0.3) is 0 Å². The fourth-order valence-corrected chi connectivity index (χ4v) is 1.73. The Bertz CT molecular complexity index is 625. The molecule has 5 heteroatoms. The van der Waals surface area contributed by atoms with Gasteiger partial charge in [0, 0.05) is 11.6 Å². The molecule has 2 aromatic carbocycles. The van der Waals surface area contributed by atoms with Crippen LogP contribution in [0.5, 0.6) is 11.5 Å². The SMILES string of the molecule is COc1ccc(COc2cccc(F)c2)c(C(=O)O)c1. The molecule has 0 aliphatic rings. The quantitative estimate of drug-likeness (QED) is 0.911. The Balaban J connectivity index is 2.18. The van der Waals surface area contributed by atoms with Crippen LogP contribution in [0.4, 0.5) is 4.39 Å². The molecule has 104 valence electrons. The summed E-state index contributed by atoms with van der Waals surface area (Å²) < 4.78 is 23.4. The summed E-state index contributed by atoms with van der Waals surface area (Å²) in [6.07, 6.45) is 0. The van der Waals surface area contributed by atoms with Crippen LogP contribution in [0.15, 0.2) is 42.5 Å². The summed E-state index contributed by atoms with van der Waals surface area (Å²) in [6.45, 7) is 0.0368. The van der Waals surface area contributed by atoms with Crippen LogP contribution < -0.4 is 9.47 Å². The second-order valence-corrected chi connectivity index (χ2v) is 4.07. The maximum Gasteiger partial charge on any atom is 0.336 e. The van der Waals surface area contributed by atoms with Gasteiger partial charge in [0.2, 0.25) is 0 Å². The highest BCUT2D eigenvalue weighted by atomic mass is 19.1. The van der Waals surface area contributed by atoms with Gasteiger partial charge in [-0.3, -0.25) is 0 Å². The van der Waals surface area contributed by atoms with Gasteiger partial charge in [-0.05, 0) is 24.3 Å². The molecule has 0 bridgehead atoms. The van der Waals surface area contributed by atoms with Crippen molar-refractivity contribution >= 4 is 5.97 Å². The van der Waals surface area contributed by atoms with E-state index >= 15 is 0 Å². The highest BCUT2D eigenvalue weighted by Gasteiger charge is 2.12. The summed E-state index contributed by atoms with van der Waals surface area (Å²) >= 11 is 0. The zero-order chi connectivity index (χ0) is 14.5. The first-order valence-corrected chi connectivity index (χ1v) is 5.88. The molecule has 2 aromatic rings. The maximum absolute atomic E-state index is 13.0. The van der Waals surface area contributed by atoms with E-state index in [0.717, 1.165) is 0 Å². The number of rotatable bonds is 5.